The van der Waals surface area contributed by atoms with E-state index in [4.69, 9.17) is 9.47 Å². The lowest BCUT2D eigenvalue weighted by Gasteiger charge is -2.25. The maximum atomic E-state index is 13.4. The van der Waals surface area contributed by atoms with Gasteiger partial charge in [0.25, 0.3) is 0 Å². The Morgan fingerprint density at radius 3 is 2.67 bits per heavy atom. The van der Waals surface area contributed by atoms with Crippen LogP contribution in [0.4, 0.5) is 18.9 Å². The molecule has 5 rings (SSSR count). The van der Waals surface area contributed by atoms with Crippen molar-refractivity contribution in [3.63, 3.8) is 0 Å². The average molecular weight is 516 g/mol. The largest absolute Gasteiger partial charge is 0.497 e. The molecule has 2 aliphatic heterocycles. The van der Waals surface area contributed by atoms with Crippen molar-refractivity contribution < 1.29 is 27.4 Å². The first-order valence-corrected chi connectivity index (χ1v) is 12.4. The highest BCUT2D eigenvalue weighted by Gasteiger charge is 2.33. The van der Waals surface area contributed by atoms with Crippen LogP contribution in [-0.4, -0.2) is 54.8 Å². The molecule has 0 N–H and O–H groups in total. The van der Waals surface area contributed by atoms with Crippen molar-refractivity contribution in [2.24, 2.45) is 4.99 Å². The van der Waals surface area contributed by atoms with Crippen LogP contribution < -0.4 is 9.47 Å². The van der Waals surface area contributed by atoms with Crippen molar-refractivity contribution in [3.05, 3.63) is 69.9 Å². The van der Waals surface area contributed by atoms with Crippen molar-refractivity contribution in [1.29, 1.82) is 0 Å². The highest BCUT2D eigenvalue weighted by molar-refractivity contribution is 7.10. The van der Waals surface area contributed by atoms with Crippen LogP contribution in [0.25, 0.3) is 0 Å². The molecule has 10 heteroatoms. The molecule has 2 aromatic carbocycles. The third kappa shape index (κ3) is 5.04. The molecule has 0 saturated carbocycles. The summed E-state index contributed by atoms with van der Waals surface area (Å²) in [4.78, 5) is 22.4. The van der Waals surface area contributed by atoms with Gasteiger partial charge in [0.1, 0.15) is 23.0 Å². The van der Waals surface area contributed by atoms with E-state index in [9.17, 15) is 18.0 Å². The van der Waals surface area contributed by atoms with Crippen molar-refractivity contribution in [2.75, 3.05) is 33.3 Å². The van der Waals surface area contributed by atoms with Crippen molar-refractivity contribution in [3.8, 4) is 17.2 Å². The third-order valence-electron chi connectivity index (χ3n) is 6.21. The predicted octanol–water partition coefficient (Wildman–Crippen LogP) is 5.74. The van der Waals surface area contributed by atoms with Crippen LogP contribution in [0.1, 0.15) is 22.4 Å². The number of fused-ring (bicyclic) bond motifs is 2. The van der Waals surface area contributed by atoms with Crippen molar-refractivity contribution in [1.82, 2.24) is 9.80 Å². The summed E-state index contributed by atoms with van der Waals surface area (Å²) >= 11 is 1.56. The van der Waals surface area contributed by atoms with E-state index in [2.05, 4.69) is 4.99 Å². The normalized spacial score (nSPS) is 15.7. The fourth-order valence-electron chi connectivity index (χ4n) is 4.35. The number of rotatable bonds is 3. The molecule has 0 spiro atoms. The van der Waals surface area contributed by atoms with E-state index in [1.807, 2.05) is 27.3 Å². The summed E-state index contributed by atoms with van der Waals surface area (Å²) in [6, 6.07) is 12.4. The van der Waals surface area contributed by atoms with E-state index < -0.39 is 11.7 Å². The summed E-state index contributed by atoms with van der Waals surface area (Å²) in [5.74, 6) is 1.85. The summed E-state index contributed by atoms with van der Waals surface area (Å²) in [7, 11) is 1.55. The minimum atomic E-state index is -4.50. The molecule has 0 atom stereocenters. The zero-order valence-corrected chi connectivity index (χ0v) is 20.4. The highest BCUT2D eigenvalue weighted by Crippen LogP contribution is 2.42. The number of hydrogen-bond acceptors (Lipinski definition) is 6. The molecule has 1 fully saturated rings. The second-order valence-electron chi connectivity index (χ2n) is 8.56. The minimum absolute atomic E-state index is 0.0627. The molecule has 1 amide bonds. The van der Waals surface area contributed by atoms with Crippen LogP contribution in [0, 0.1) is 0 Å². The molecule has 6 nitrogen and oxygen atoms in total. The Bertz CT molecular complexity index is 1290. The molecule has 2 aliphatic rings. The Labute approximate surface area is 210 Å². The first-order valence-electron chi connectivity index (χ1n) is 11.5. The number of amides is 1. The average Bonchev–Trinajstić information content (AvgIpc) is 3.16. The van der Waals surface area contributed by atoms with E-state index in [1.54, 1.807) is 36.6 Å². The number of alkyl halides is 3. The van der Waals surface area contributed by atoms with Gasteiger partial charge in [0.15, 0.2) is 5.75 Å². The van der Waals surface area contributed by atoms with E-state index in [1.165, 1.54) is 6.07 Å². The van der Waals surface area contributed by atoms with Gasteiger partial charge < -0.3 is 19.3 Å². The Hall–Kier alpha value is -3.53. The van der Waals surface area contributed by atoms with E-state index in [-0.39, 0.29) is 17.3 Å². The maximum Gasteiger partial charge on any atom is 0.416 e. The van der Waals surface area contributed by atoms with Gasteiger partial charge in [0, 0.05) is 31.1 Å². The first kappa shape index (κ1) is 24.2. The number of carbonyl (C=O) groups is 1. The van der Waals surface area contributed by atoms with E-state index >= 15 is 0 Å². The lowest BCUT2D eigenvalue weighted by molar-refractivity contribution is -0.137. The second-order valence-corrected chi connectivity index (χ2v) is 9.59. The number of methoxy groups -OCH3 is 1. The zero-order valence-electron chi connectivity index (χ0n) is 19.5. The number of ether oxygens (including phenoxy) is 2. The summed E-state index contributed by atoms with van der Waals surface area (Å²) in [5.41, 5.74) is -0.0694. The third-order valence-corrected chi connectivity index (χ3v) is 7.09. The van der Waals surface area contributed by atoms with Gasteiger partial charge in [0.2, 0.25) is 5.91 Å². The van der Waals surface area contributed by atoms with Gasteiger partial charge in [-0.1, -0.05) is 6.07 Å². The van der Waals surface area contributed by atoms with Gasteiger partial charge in [-0.15, -0.1) is 11.3 Å². The minimum Gasteiger partial charge on any atom is -0.497 e. The van der Waals surface area contributed by atoms with E-state index in [0.29, 0.717) is 61.9 Å². The standard InChI is InChI=1S/C26H24F3N3O3S/c1-34-18-6-8-22-20(15-18)25(30-21-14-17(26(27,28)29)5-7-23(21)35-22)32-10-3-9-31(11-12-32)24(33)16-19-4-2-13-36-19/h2,4-8,13-15H,3,9-12,16H2,1H3. The van der Waals surface area contributed by atoms with Gasteiger partial charge in [0.05, 0.1) is 24.7 Å². The fourth-order valence-corrected chi connectivity index (χ4v) is 5.05. The predicted molar refractivity (Wildman–Crippen MR) is 132 cm³/mol. The van der Waals surface area contributed by atoms with Gasteiger partial charge in [-0.3, -0.25) is 4.79 Å². The van der Waals surface area contributed by atoms with Gasteiger partial charge in [-0.05, 0) is 54.3 Å². The summed E-state index contributed by atoms with van der Waals surface area (Å²) in [5, 5.41) is 1.95. The van der Waals surface area contributed by atoms with Crippen molar-refractivity contribution in [2.45, 2.75) is 19.0 Å². The van der Waals surface area contributed by atoms with Crippen molar-refractivity contribution >= 4 is 28.8 Å². The van der Waals surface area contributed by atoms with Crippen LogP contribution in [-0.2, 0) is 17.4 Å². The Morgan fingerprint density at radius 2 is 1.92 bits per heavy atom. The van der Waals surface area contributed by atoms with Gasteiger partial charge in [-0.25, -0.2) is 4.99 Å². The second kappa shape index (κ2) is 9.85. The summed E-state index contributed by atoms with van der Waals surface area (Å²) < 4.78 is 51.7. The van der Waals surface area contributed by atoms with Crippen LogP contribution in [0.3, 0.4) is 0 Å². The molecular formula is C26H24F3N3O3S. The number of amidine groups is 1. The highest BCUT2D eigenvalue weighted by atomic mass is 32.1. The van der Waals surface area contributed by atoms with Crippen LogP contribution in [0.5, 0.6) is 17.2 Å². The van der Waals surface area contributed by atoms with Gasteiger partial charge in [-0.2, -0.15) is 13.2 Å². The molecule has 0 unspecified atom stereocenters. The smallest absolute Gasteiger partial charge is 0.416 e. The molecule has 3 aromatic rings. The van der Waals surface area contributed by atoms with Crippen LogP contribution >= 0.6 is 11.3 Å². The summed E-state index contributed by atoms with van der Waals surface area (Å²) in [6.45, 7) is 2.16. The quantitative estimate of drug-likeness (QED) is 0.447. The van der Waals surface area contributed by atoms with Gasteiger partial charge >= 0.3 is 6.18 Å². The molecule has 1 saturated heterocycles. The van der Waals surface area contributed by atoms with Crippen LogP contribution in [0.15, 0.2) is 58.9 Å². The molecule has 0 aliphatic carbocycles. The zero-order chi connectivity index (χ0) is 25.3. The number of nitrogens with zero attached hydrogens (tertiary/aromatic N) is 3. The molecular weight excluding hydrogens is 491 g/mol. The molecule has 0 bridgehead atoms. The lowest BCUT2D eigenvalue weighted by atomic mass is 10.1. The molecule has 36 heavy (non-hydrogen) atoms. The Morgan fingerprint density at radius 1 is 1.08 bits per heavy atom. The number of carbonyl (C=O) groups excluding carboxylic acids is 1. The fraction of sp³-hybridized carbons (Fsp3) is 0.308. The number of hydrogen-bond donors (Lipinski definition) is 0. The van der Waals surface area contributed by atoms with E-state index in [0.717, 1.165) is 17.0 Å². The molecule has 0 radical (unpaired) electrons. The molecule has 188 valence electrons. The monoisotopic (exact) mass is 515 g/mol. The maximum absolute atomic E-state index is 13.4. The first-order chi connectivity index (χ1) is 17.3. The molecule has 1 aromatic heterocycles. The summed E-state index contributed by atoms with van der Waals surface area (Å²) in [6.07, 6.45) is -3.44. The Kier molecular flexibility index (Phi) is 6.61. The number of halogens is 3. The topological polar surface area (TPSA) is 54.4 Å². The number of thiophene rings is 1. The number of benzene rings is 2. The Balaban J connectivity index is 1.48. The van der Waals surface area contributed by atoms with Crippen LogP contribution in [0.2, 0.25) is 0 Å². The molecule has 3 heterocycles. The SMILES string of the molecule is COc1ccc2c(c1)C(N1CCCN(C(=O)Cc3cccs3)CC1)=Nc1cc(C(F)(F)F)ccc1O2. The lowest BCUT2D eigenvalue weighted by Crippen LogP contribution is -2.38. The number of aliphatic imine (C=N–C) groups is 1.